The van der Waals surface area contributed by atoms with Crippen LogP contribution in [0.2, 0.25) is 0 Å². The van der Waals surface area contributed by atoms with Crippen molar-refractivity contribution in [3.8, 4) is 0 Å². The van der Waals surface area contributed by atoms with Crippen molar-refractivity contribution in [2.45, 2.75) is 45.3 Å². The predicted molar refractivity (Wildman–Crippen MR) is 66.3 cm³/mol. The summed E-state index contributed by atoms with van der Waals surface area (Å²) in [7, 11) is 0. The average molecular weight is 252 g/mol. The van der Waals surface area contributed by atoms with Gasteiger partial charge in [0.2, 0.25) is 0 Å². The van der Waals surface area contributed by atoms with Gasteiger partial charge >= 0.3 is 5.97 Å². The minimum Gasteiger partial charge on any atom is -0.455 e. The van der Waals surface area contributed by atoms with Gasteiger partial charge in [0.05, 0.1) is 12.2 Å². The van der Waals surface area contributed by atoms with E-state index in [0.29, 0.717) is 0 Å². The third kappa shape index (κ3) is 3.29. The van der Waals surface area contributed by atoms with E-state index in [-0.39, 0.29) is 11.7 Å². The average Bonchev–Trinajstić information content (AvgIpc) is 2.77. The molecule has 2 heterocycles. The lowest BCUT2D eigenvalue weighted by Crippen LogP contribution is -2.31. The summed E-state index contributed by atoms with van der Waals surface area (Å²) in [4.78, 5) is 11.8. The van der Waals surface area contributed by atoms with E-state index in [4.69, 9.17) is 4.74 Å². The molecule has 100 valence electrons. The highest BCUT2D eigenvalue weighted by molar-refractivity contribution is 5.87. The fourth-order valence-corrected chi connectivity index (χ4v) is 1.94. The number of carbonyl (C=O) groups is 1. The molecule has 1 aromatic heterocycles. The van der Waals surface area contributed by atoms with Crippen molar-refractivity contribution >= 4 is 5.97 Å². The number of aromatic nitrogens is 3. The standard InChI is InChI=1S/C12H20N4O2/c1-12(2,3)18-11(17)10-8-16(15-14-10)9-5-4-6-13-7-9/h8-9,13H,4-7H2,1-3H3. The minimum atomic E-state index is -0.507. The van der Waals surface area contributed by atoms with Crippen LogP contribution in [-0.4, -0.2) is 39.7 Å². The Morgan fingerprint density at radius 2 is 2.33 bits per heavy atom. The van der Waals surface area contributed by atoms with Gasteiger partial charge in [0.25, 0.3) is 0 Å². The summed E-state index contributed by atoms with van der Waals surface area (Å²) in [5.74, 6) is -0.419. The van der Waals surface area contributed by atoms with E-state index in [1.165, 1.54) is 0 Å². The minimum absolute atomic E-state index is 0.274. The monoisotopic (exact) mass is 252 g/mol. The molecule has 0 amide bonds. The highest BCUT2D eigenvalue weighted by Gasteiger charge is 2.22. The molecule has 6 nitrogen and oxygen atoms in total. The topological polar surface area (TPSA) is 69.0 Å². The van der Waals surface area contributed by atoms with Gasteiger partial charge < -0.3 is 10.1 Å². The molecule has 0 spiro atoms. The largest absolute Gasteiger partial charge is 0.455 e. The van der Waals surface area contributed by atoms with Gasteiger partial charge in [-0.25, -0.2) is 9.48 Å². The van der Waals surface area contributed by atoms with E-state index < -0.39 is 11.6 Å². The van der Waals surface area contributed by atoms with E-state index in [0.717, 1.165) is 25.9 Å². The summed E-state index contributed by atoms with van der Waals surface area (Å²) in [6, 6.07) is 0.280. The van der Waals surface area contributed by atoms with Crippen molar-refractivity contribution in [2.75, 3.05) is 13.1 Å². The van der Waals surface area contributed by atoms with Crippen LogP contribution in [-0.2, 0) is 4.74 Å². The first-order chi connectivity index (χ1) is 8.46. The van der Waals surface area contributed by atoms with E-state index in [9.17, 15) is 4.79 Å². The highest BCUT2D eigenvalue weighted by atomic mass is 16.6. The first-order valence-electron chi connectivity index (χ1n) is 6.31. The summed E-state index contributed by atoms with van der Waals surface area (Å²) in [6.45, 7) is 7.42. The highest BCUT2D eigenvalue weighted by Crippen LogP contribution is 2.16. The zero-order valence-corrected chi connectivity index (χ0v) is 11.1. The first-order valence-corrected chi connectivity index (χ1v) is 6.31. The van der Waals surface area contributed by atoms with E-state index in [1.54, 1.807) is 10.9 Å². The molecule has 1 fully saturated rings. The van der Waals surface area contributed by atoms with Gasteiger partial charge in [-0.2, -0.15) is 0 Å². The second-order valence-electron chi connectivity index (χ2n) is 5.59. The summed E-state index contributed by atoms with van der Waals surface area (Å²) >= 11 is 0. The second-order valence-corrected chi connectivity index (χ2v) is 5.59. The van der Waals surface area contributed by atoms with Gasteiger partial charge in [0.1, 0.15) is 5.60 Å². The maximum atomic E-state index is 11.8. The van der Waals surface area contributed by atoms with Crippen molar-refractivity contribution in [3.05, 3.63) is 11.9 Å². The first kappa shape index (κ1) is 13.0. The Balaban J connectivity index is 2.03. The molecule has 1 aliphatic rings. The molecule has 0 aromatic carbocycles. The van der Waals surface area contributed by atoms with Gasteiger partial charge in [0.15, 0.2) is 5.69 Å². The zero-order valence-electron chi connectivity index (χ0n) is 11.1. The molecule has 0 radical (unpaired) electrons. The molecule has 1 unspecified atom stereocenters. The molecule has 0 saturated carbocycles. The molecule has 1 saturated heterocycles. The molecule has 2 rings (SSSR count). The normalized spacial score (nSPS) is 20.7. The van der Waals surface area contributed by atoms with Crippen molar-refractivity contribution < 1.29 is 9.53 Å². The van der Waals surface area contributed by atoms with E-state index in [2.05, 4.69) is 15.6 Å². The molecule has 0 aliphatic carbocycles. The quantitative estimate of drug-likeness (QED) is 0.800. The number of nitrogens with one attached hydrogen (secondary N) is 1. The predicted octanol–water partition coefficient (Wildman–Crippen LogP) is 1.16. The van der Waals surface area contributed by atoms with Crippen LogP contribution in [0.15, 0.2) is 6.20 Å². The smallest absolute Gasteiger partial charge is 0.361 e. The molecule has 1 atom stereocenters. The molecule has 1 N–H and O–H groups in total. The van der Waals surface area contributed by atoms with Crippen LogP contribution in [0.1, 0.15) is 50.1 Å². The number of hydrogen-bond donors (Lipinski definition) is 1. The summed E-state index contributed by atoms with van der Waals surface area (Å²) in [6.07, 6.45) is 3.85. The zero-order chi connectivity index (χ0) is 13.2. The van der Waals surface area contributed by atoms with Crippen LogP contribution in [0, 0.1) is 0 Å². The maximum absolute atomic E-state index is 11.8. The van der Waals surface area contributed by atoms with Crippen LogP contribution < -0.4 is 5.32 Å². The fraction of sp³-hybridized carbons (Fsp3) is 0.750. The van der Waals surface area contributed by atoms with Crippen LogP contribution in [0.5, 0.6) is 0 Å². The Hall–Kier alpha value is -1.43. The lowest BCUT2D eigenvalue weighted by molar-refractivity contribution is 0.00627. The van der Waals surface area contributed by atoms with Crippen LogP contribution >= 0.6 is 0 Å². The van der Waals surface area contributed by atoms with Crippen molar-refractivity contribution in [1.82, 2.24) is 20.3 Å². The lowest BCUT2D eigenvalue weighted by Gasteiger charge is -2.22. The SMILES string of the molecule is CC(C)(C)OC(=O)c1cn(C2CCCNC2)nn1. The Morgan fingerprint density at radius 1 is 1.56 bits per heavy atom. The second kappa shape index (κ2) is 5.06. The Labute approximate surface area is 107 Å². The van der Waals surface area contributed by atoms with Gasteiger partial charge in [-0.05, 0) is 40.2 Å². The molecule has 18 heavy (non-hydrogen) atoms. The lowest BCUT2D eigenvalue weighted by atomic mass is 10.1. The summed E-state index contributed by atoms with van der Waals surface area (Å²) in [5.41, 5.74) is -0.233. The van der Waals surface area contributed by atoms with Crippen molar-refractivity contribution in [1.29, 1.82) is 0 Å². The van der Waals surface area contributed by atoms with Crippen LogP contribution in [0.25, 0.3) is 0 Å². The van der Waals surface area contributed by atoms with Crippen LogP contribution in [0.4, 0.5) is 0 Å². The van der Waals surface area contributed by atoms with Gasteiger partial charge in [-0.15, -0.1) is 5.10 Å². The Morgan fingerprint density at radius 3 is 2.94 bits per heavy atom. The third-order valence-corrected chi connectivity index (χ3v) is 2.76. The van der Waals surface area contributed by atoms with Gasteiger partial charge in [-0.1, -0.05) is 5.21 Å². The molecule has 6 heteroatoms. The summed E-state index contributed by atoms with van der Waals surface area (Å²) in [5, 5.41) is 11.2. The third-order valence-electron chi connectivity index (χ3n) is 2.76. The van der Waals surface area contributed by atoms with Gasteiger partial charge in [-0.3, -0.25) is 0 Å². The van der Waals surface area contributed by atoms with Crippen molar-refractivity contribution in [2.24, 2.45) is 0 Å². The van der Waals surface area contributed by atoms with E-state index in [1.807, 2.05) is 20.8 Å². The molecular formula is C12H20N4O2. The number of carbonyl (C=O) groups excluding carboxylic acids is 1. The number of rotatable bonds is 2. The van der Waals surface area contributed by atoms with Crippen LogP contribution in [0.3, 0.4) is 0 Å². The number of esters is 1. The number of nitrogens with zero attached hydrogens (tertiary/aromatic N) is 3. The molecule has 1 aliphatic heterocycles. The van der Waals surface area contributed by atoms with Crippen molar-refractivity contribution in [3.63, 3.8) is 0 Å². The number of ether oxygens (including phenoxy) is 1. The number of hydrogen-bond acceptors (Lipinski definition) is 5. The molecule has 1 aromatic rings. The number of piperidine rings is 1. The Bertz CT molecular complexity index is 416. The van der Waals surface area contributed by atoms with E-state index >= 15 is 0 Å². The maximum Gasteiger partial charge on any atom is 0.361 e. The molecular weight excluding hydrogens is 232 g/mol. The Kier molecular flexibility index (Phi) is 3.65. The molecule has 0 bridgehead atoms. The van der Waals surface area contributed by atoms with Gasteiger partial charge in [0, 0.05) is 6.54 Å². The fourth-order valence-electron chi connectivity index (χ4n) is 1.94. The summed E-state index contributed by atoms with van der Waals surface area (Å²) < 4.78 is 7.01.